The van der Waals surface area contributed by atoms with Crippen molar-refractivity contribution in [2.45, 2.75) is 32.2 Å². The zero-order chi connectivity index (χ0) is 19.2. The molecule has 1 aliphatic heterocycles. The van der Waals surface area contributed by atoms with Gasteiger partial charge < -0.3 is 25.2 Å². The molecule has 1 heterocycles. The molecule has 7 nitrogen and oxygen atoms in total. The van der Waals surface area contributed by atoms with Gasteiger partial charge in [0, 0.05) is 24.2 Å². The summed E-state index contributed by atoms with van der Waals surface area (Å²) < 4.78 is 10.7. The minimum Gasteiger partial charge on any atom is -0.481 e. The molecule has 1 atom stereocenters. The number of aliphatic carboxylic acids is 1. The molecule has 0 saturated heterocycles. The Morgan fingerprint density at radius 1 is 1.15 bits per heavy atom. The number of ether oxygens (including phenoxy) is 2. The van der Waals surface area contributed by atoms with Crippen LogP contribution in [-0.4, -0.2) is 29.9 Å². The second-order valence-corrected chi connectivity index (χ2v) is 6.44. The van der Waals surface area contributed by atoms with Gasteiger partial charge in [-0.15, -0.1) is 0 Å². The molecule has 0 radical (unpaired) electrons. The molecule has 1 aliphatic rings. The fourth-order valence-corrected chi connectivity index (χ4v) is 2.94. The maximum Gasteiger partial charge on any atom is 0.319 e. The molecule has 0 aromatic heterocycles. The van der Waals surface area contributed by atoms with E-state index in [2.05, 4.69) is 10.6 Å². The van der Waals surface area contributed by atoms with Crippen molar-refractivity contribution in [1.82, 2.24) is 5.32 Å². The van der Waals surface area contributed by atoms with E-state index in [1.165, 1.54) is 0 Å². The Hall–Kier alpha value is -3.22. The summed E-state index contributed by atoms with van der Waals surface area (Å²) in [5.74, 6) is 0.353. The molecule has 3 N–H and O–H groups in total. The Kier molecular flexibility index (Phi) is 5.80. The highest BCUT2D eigenvalue weighted by molar-refractivity contribution is 5.91. The standard InChI is InChI=1S/C20H22N2O5/c1-13-9-17-18(27-12-26-17)11-16(13)22-20(25)21-15(7-8-19(23)24)10-14-5-3-2-4-6-14/h2-6,9,11,15H,7-8,10,12H2,1H3,(H,23,24)(H2,21,22,25). The molecule has 0 fully saturated rings. The lowest BCUT2D eigenvalue weighted by Crippen LogP contribution is -2.39. The van der Waals surface area contributed by atoms with Gasteiger partial charge in [0.1, 0.15) is 0 Å². The number of carbonyl (C=O) groups is 2. The number of urea groups is 1. The van der Waals surface area contributed by atoms with Crippen molar-refractivity contribution in [1.29, 1.82) is 0 Å². The number of carboxylic acids is 1. The molecule has 7 heteroatoms. The fraction of sp³-hybridized carbons (Fsp3) is 0.300. The largest absolute Gasteiger partial charge is 0.481 e. The van der Waals surface area contributed by atoms with E-state index in [4.69, 9.17) is 14.6 Å². The summed E-state index contributed by atoms with van der Waals surface area (Å²) in [6.07, 6.45) is 0.889. The van der Waals surface area contributed by atoms with E-state index in [0.717, 1.165) is 11.1 Å². The minimum atomic E-state index is -0.887. The summed E-state index contributed by atoms with van der Waals surface area (Å²) in [6, 6.07) is 12.5. The quantitative estimate of drug-likeness (QED) is 0.695. The van der Waals surface area contributed by atoms with Crippen molar-refractivity contribution in [2.24, 2.45) is 0 Å². The number of anilines is 1. The smallest absolute Gasteiger partial charge is 0.319 e. The first-order valence-electron chi connectivity index (χ1n) is 8.75. The van der Waals surface area contributed by atoms with Crippen molar-refractivity contribution in [3.8, 4) is 11.5 Å². The first kappa shape index (κ1) is 18.6. The maximum absolute atomic E-state index is 12.5. The molecular weight excluding hydrogens is 348 g/mol. The number of rotatable bonds is 7. The molecule has 0 spiro atoms. The Morgan fingerprint density at radius 2 is 1.85 bits per heavy atom. The van der Waals surface area contributed by atoms with Crippen LogP contribution in [0.25, 0.3) is 0 Å². The average molecular weight is 370 g/mol. The van der Waals surface area contributed by atoms with Crippen molar-refractivity contribution in [3.63, 3.8) is 0 Å². The number of hydrogen-bond acceptors (Lipinski definition) is 4. The summed E-state index contributed by atoms with van der Waals surface area (Å²) in [5.41, 5.74) is 2.50. The molecule has 0 saturated carbocycles. The van der Waals surface area contributed by atoms with Crippen molar-refractivity contribution in [2.75, 3.05) is 12.1 Å². The summed E-state index contributed by atoms with van der Waals surface area (Å²) in [4.78, 5) is 23.4. The van der Waals surface area contributed by atoms with E-state index >= 15 is 0 Å². The first-order valence-corrected chi connectivity index (χ1v) is 8.75. The van der Waals surface area contributed by atoms with E-state index < -0.39 is 5.97 Å². The molecule has 0 bridgehead atoms. The van der Waals surface area contributed by atoms with Gasteiger partial charge in [-0.05, 0) is 37.0 Å². The Bertz CT molecular complexity index is 823. The summed E-state index contributed by atoms with van der Waals surface area (Å²) in [5, 5.41) is 14.7. The molecule has 1 unspecified atom stereocenters. The highest BCUT2D eigenvalue weighted by Gasteiger charge is 2.19. The zero-order valence-corrected chi connectivity index (χ0v) is 15.0. The van der Waals surface area contributed by atoms with Crippen LogP contribution >= 0.6 is 0 Å². The van der Waals surface area contributed by atoms with Gasteiger partial charge in [0.25, 0.3) is 0 Å². The van der Waals surface area contributed by atoms with Gasteiger partial charge in [-0.3, -0.25) is 4.79 Å². The van der Waals surface area contributed by atoms with Crippen LogP contribution in [0.1, 0.15) is 24.0 Å². The van der Waals surface area contributed by atoms with E-state index in [1.54, 1.807) is 6.07 Å². The first-order chi connectivity index (χ1) is 13.0. The number of hydrogen-bond donors (Lipinski definition) is 3. The number of carboxylic acid groups (broad SMARTS) is 1. The Balaban J connectivity index is 1.65. The maximum atomic E-state index is 12.5. The van der Waals surface area contributed by atoms with Crippen LogP contribution in [0.3, 0.4) is 0 Å². The summed E-state index contributed by atoms with van der Waals surface area (Å²) in [7, 11) is 0. The SMILES string of the molecule is Cc1cc2c(cc1NC(=O)NC(CCC(=O)O)Cc1ccccc1)OCO2. The molecule has 0 aliphatic carbocycles. The Labute approximate surface area is 157 Å². The average Bonchev–Trinajstić information content (AvgIpc) is 3.08. The highest BCUT2D eigenvalue weighted by Crippen LogP contribution is 2.36. The van der Waals surface area contributed by atoms with Gasteiger partial charge in [-0.2, -0.15) is 0 Å². The van der Waals surface area contributed by atoms with Gasteiger partial charge in [0.2, 0.25) is 6.79 Å². The van der Waals surface area contributed by atoms with Crippen molar-refractivity contribution < 1.29 is 24.2 Å². The monoisotopic (exact) mass is 370 g/mol. The lowest BCUT2D eigenvalue weighted by atomic mass is 10.0. The molecule has 142 valence electrons. The van der Waals surface area contributed by atoms with E-state index in [9.17, 15) is 9.59 Å². The topological polar surface area (TPSA) is 96.9 Å². The fourth-order valence-electron chi connectivity index (χ4n) is 2.94. The zero-order valence-electron chi connectivity index (χ0n) is 15.0. The second-order valence-electron chi connectivity index (χ2n) is 6.44. The normalized spacial score (nSPS) is 13.1. The third kappa shape index (κ3) is 5.13. The van der Waals surface area contributed by atoms with Crippen LogP contribution in [-0.2, 0) is 11.2 Å². The number of nitrogens with one attached hydrogen (secondary N) is 2. The van der Waals surface area contributed by atoms with Crippen molar-refractivity contribution in [3.05, 3.63) is 53.6 Å². The van der Waals surface area contributed by atoms with Crippen LogP contribution in [0.2, 0.25) is 0 Å². The number of benzene rings is 2. The summed E-state index contributed by atoms with van der Waals surface area (Å²) in [6.45, 7) is 2.03. The van der Waals surface area contributed by atoms with Crippen LogP contribution in [0, 0.1) is 6.92 Å². The lowest BCUT2D eigenvalue weighted by molar-refractivity contribution is -0.137. The summed E-state index contributed by atoms with van der Waals surface area (Å²) >= 11 is 0. The van der Waals surface area contributed by atoms with Gasteiger partial charge >= 0.3 is 12.0 Å². The van der Waals surface area contributed by atoms with Crippen molar-refractivity contribution >= 4 is 17.7 Å². The van der Waals surface area contributed by atoms with Crippen LogP contribution < -0.4 is 20.1 Å². The predicted octanol–water partition coefficient (Wildman–Crippen LogP) is 3.32. The third-order valence-corrected chi connectivity index (χ3v) is 4.33. The van der Waals surface area contributed by atoms with E-state index in [-0.39, 0.29) is 25.3 Å². The van der Waals surface area contributed by atoms with E-state index in [1.807, 2.05) is 43.3 Å². The second kappa shape index (κ2) is 8.44. The Morgan fingerprint density at radius 3 is 2.56 bits per heavy atom. The molecule has 2 aromatic carbocycles. The third-order valence-electron chi connectivity index (χ3n) is 4.33. The molecular formula is C20H22N2O5. The minimum absolute atomic E-state index is 0.0131. The van der Waals surface area contributed by atoms with Gasteiger partial charge in [-0.1, -0.05) is 30.3 Å². The van der Waals surface area contributed by atoms with Crippen LogP contribution in [0.15, 0.2) is 42.5 Å². The van der Waals surface area contributed by atoms with Gasteiger partial charge in [-0.25, -0.2) is 4.79 Å². The molecule has 2 amide bonds. The number of amides is 2. The molecule has 27 heavy (non-hydrogen) atoms. The van der Waals surface area contributed by atoms with Crippen LogP contribution in [0.4, 0.5) is 10.5 Å². The number of fused-ring (bicyclic) bond motifs is 1. The van der Waals surface area contributed by atoms with Crippen LogP contribution in [0.5, 0.6) is 11.5 Å². The molecule has 3 rings (SSSR count). The number of aryl methyl sites for hydroxylation is 1. The highest BCUT2D eigenvalue weighted by atomic mass is 16.7. The van der Waals surface area contributed by atoms with Gasteiger partial charge in [0.15, 0.2) is 11.5 Å². The van der Waals surface area contributed by atoms with Gasteiger partial charge in [0.05, 0.1) is 0 Å². The van der Waals surface area contributed by atoms with E-state index in [0.29, 0.717) is 30.0 Å². The lowest BCUT2D eigenvalue weighted by Gasteiger charge is -2.19. The molecule has 2 aromatic rings. The predicted molar refractivity (Wildman–Crippen MR) is 100 cm³/mol. The number of carbonyl (C=O) groups excluding carboxylic acids is 1.